The van der Waals surface area contributed by atoms with Crippen molar-refractivity contribution in [1.29, 1.82) is 0 Å². The van der Waals surface area contributed by atoms with Crippen molar-refractivity contribution in [3.63, 3.8) is 0 Å². The van der Waals surface area contributed by atoms with Crippen molar-refractivity contribution >= 4 is 0 Å². The first-order valence-corrected chi connectivity index (χ1v) is 5.84. The molecule has 1 aromatic carbocycles. The Morgan fingerprint density at radius 3 is 2.88 bits per heavy atom. The summed E-state index contributed by atoms with van der Waals surface area (Å²) in [6.07, 6.45) is 4.08. The molecule has 1 aliphatic heterocycles. The zero-order chi connectivity index (χ0) is 11.2. The lowest BCUT2D eigenvalue weighted by Crippen LogP contribution is -2.46. The summed E-state index contributed by atoms with van der Waals surface area (Å²) < 4.78 is 6.04. The molecule has 1 fully saturated rings. The molecule has 1 aliphatic carbocycles. The fourth-order valence-electron chi connectivity index (χ4n) is 2.73. The minimum Gasteiger partial charge on any atom is -0.487 e. The van der Waals surface area contributed by atoms with E-state index in [0.717, 1.165) is 36.1 Å². The Kier molecular flexibility index (Phi) is 2.03. The first kappa shape index (κ1) is 9.82. The van der Waals surface area contributed by atoms with Crippen LogP contribution in [0.2, 0.25) is 0 Å². The van der Waals surface area contributed by atoms with Gasteiger partial charge >= 0.3 is 0 Å². The molecule has 84 valence electrons. The maximum absolute atomic E-state index is 11.0. The SMILES string of the molecule is Cc1ccc2c(c1)C(N=O)CC1(CCC1)O2. The maximum Gasteiger partial charge on any atom is 0.125 e. The molecule has 3 nitrogen and oxygen atoms in total. The quantitative estimate of drug-likeness (QED) is 0.675. The number of hydrogen-bond acceptors (Lipinski definition) is 3. The molecule has 0 amide bonds. The maximum atomic E-state index is 11.0. The molecule has 1 heterocycles. The third kappa shape index (κ3) is 1.34. The molecular formula is C13H15NO2. The van der Waals surface area contributed by atoms with Crippen molar-refractivity contribution < 1.29 is 4.74 Å². The lowest BCUT2D eigenvalue weighted by atomic mass is 9.73. The molecule has 0 radical (unpaired) electrons. The molecule has 3 heteroatoms. The Morgan fingerprint density at radius 1 is 1.44 bits per heavy atom. The molecule has 1 saturated carbocycles. The van der Waals surface area contributed by atoms with E-state index in [0.29, 0.717) is 0 Å². The Labute approximate surface area is 94.8 Å². The highest BCUT2D eigenvalue weighted by atomic mass is 16.5. The van der Waals surface area contributed by atoms with Crippen molar-refractivity contribution in [2.45, 2.75) is 44.2 Å². The van der Waals surface area contributed by atoms with Gasteiger partial charge in [0.05, 0.1) is 0 Å². The molecule has 1 unspecified atom stereocenters. The van der Waals surface area contributed by atoms with Gasteiger partial charge < -0.3 is 4.74 Å². The van der Waals surface area contributed by atoms with E-state index in [4.69, 9.17) is 4.74 Å². The molecule has 16 heavy (non-hydrogen) atoms. The van der Waals surface area contributed by atoms with E-state index in [9.17, 15) is 4.91 Å². The predicted molar refractivity (Wildman–Crippen MR) is 61.5 cm³/mol. The largest absolute Gasteiger partial charge is 0.487 e. The summed E-state index contributed by atoms with van der Waals surface area (Å²) in [6, 6.07) is 5.80. The Morgan fingerprint density at radius 2 is 2.25 bits per heavy atom. The number of hydrogen-bond donors (Lipinski definition) is 0. The lowest BCUT2D eigenvalue weighted by Gasteiger charge is -2.46. The minimum atomic E-state index is -0.219. The van der Waals surface area contributed by atoms with Gasteiger partial charge in [-0.2, -0.15) is 4.91 Å². The molecule has 2 aliphatic rings. The van der Waals surface area contributed by atoms with E-state index in [1.54, 1.807) is 0 Å². The van der Waals surface area contributed by atoms with Crippen molar-refractivity contribution in [2.75, 3.05) is 0 Å². The van der Waals surface area contributed by atoms with E-state index in [1.807, 2.05) is 25.1 Å². The van der Waals surface area contributed by atoms with Crippen molar-refractivity contribution in [1.82, 2.24) is 0 Å². The van der Waals surface area contributed by atoms with E-state index >= 15 is 0 Å². The summed E-state index contributed by atoms with van der Waals surface area (Å²) in [5, 5.41) is 3.28. The number of rotatable bonds is 1. The second-order valence-corrected chi connectivity index (χ2v) is 5.01. The number of benzene rings is 1. The third-order valence-corrected chi connectivity index (χ3v) is 3.81. The molecule has 0 N–H and O–H groups in total. The number of aryl methyl sites for hydroxylation is 1. The molecule has 1 spiro atoms. The third-order valence-electron chi connectivity index (χ3n) is 3.81. The average molecular weight is 217 g/mol. The van der Waals surface area contributed by atoms with Gasteiger partial charge in [0.25, 0.3) is 0 Å². The second kappa shape index (κ2) is 3.30. The first-order chi connectivity index (χ1) is 7.72. The number of ether oxygens (including phenoxy) is 1. The van der Waals surface area contributed by atoms with Crippen LogP contribution in [0.3, 0.4) is 0 Å². The van der Waals surface area contributed by atoms with Crippen LogP contribution in [-0.2, 0) is 0 Å². The summed E-state index contributed by atoms with van der Waals surface area (Å²) >= 11 is 0. The first-order valence-electron chi connectivity index (χ1n) is 5.84. The molecule has 0 bridgehead atoms. The van der Waals surface area contributed by atoms with E-state index in [1.165, 1.54) is 6.42 Å². The van der Waals surface area contributed by atoms with Gasteiger partial charge in [-0.1, -0.05) is 22.9 Å². The molecular weight excluding hydrogens is 202 g/mol. The Hall–Kier alpha value is -1.38. The van der Waals surface area contributed by atoms with Crippen molar-refractivity contribution in [3.8, 4) is 5.75 Å². The van der Waals surface area contributed by atoms with Gasteiger partial charge in [-0.05, 0) is 32.3 Å². The van der Waals surface area contributed by atoms with Crippen LogP contribution in [0.15, 0.2) is 23.4 Å². The van der Waals surface area contributed by atoms with Crippen LogP contribution in [0, 0.1) is 11.8 Å². The number of nitroso groups, excluding NO2 is 1. The van der Waals surface area contributed by atoms with Crippen LogP contribution in [0.1, 0.15) is 42.9 Å². The molecule has 1 atom stereocenters. The van der Waals surface area contributed by atoms with Gasteiger partial charge in [-0.3, -0.25) is 0 Å². The van der Waals surface area contributed by atoms with Gasteiger partial charge in [-0.25, -0.2) is 0 Å². The van der Waals surface area contributed by atoms with E-state index in [2.05, 4.69) is 5.18 Å². The summed E-state index contributed by atoms with van der Waals surface area (Å²) in [6.45, 7) is 2.02. The van der Waals surface area contributed by atoms with E-state index in [-0.39, 0.29) is 11.6 Å². The lowest BCUT2D eigenvalue weighted by molar-refractivity contribution is -0.0328. The van der Waals surface area contributed by atoms with Crippen LogP contribution >= 0.6 is 0 Å². The van der Waals surface area contributed by atoms with E-state index < -0.39 is 0 Å². The van der Waals surface area contributed by atoms with Crippen molar-refractivity contribution in [3.05, 3.63) is 34.2 Å². The summed E-state index contributed by atoms with van der Waals surface area (Å²) in [5.74, 6) is 0.862. The topological polar surface area (TPSA) is 38.7 Å². The van der Waals surface area contributed by atoms with Gasteiger partial charge in [0, 0.05) is 12.0 Å². The van der Waals surface area contributed by atoms with Gasteiger partial charge in [0.15, 0.2) is 0 Å². The summed E-state index contributed by atoms with van der Waals surface area (Å²) in [5.41, 5.74) is 2.04. The van der Waals surface area contributed by atoms with Gasteiger partial charge in [0.2, 0.25) is 0 Å². The van der Waals surface area contributed by atoms with Crippen LogP contribution in [0.25, 0.3) is 0 Å². The molecule has 3 rings (SSSR count). The average Bonchev–Trinajstić information content (AvgIpc) is 2.25. The fourth-order valence-corrected chi connectivity index (χ4v) is 2.73. The predicted octanol–water partition coefficient (Wildman–Crippen LogP) is 3.51. The summed E-state index contributed by atoms with van der Waals surface area (Å²) in [4.78, 5) is 11.0. The van der Waals surface area contributed by atoms with Crippen LogP contribution < -0.4 is 4.74 Å². The smallest absolute Gasteiger partial charge is 0.125 e. The number of fused-ring (bicyclic) bond motifs is 1. The highest BCUT2D eigenvalue weighted by Gasteiger charge is 2.46. The van der Waals surface area contributed by atoms with Gasteiger partial charge in [-0.15, -0.1) is 0 Å². The Balaban J connectivity index is 2.04. The molecule has 0 saturated heterocycles. The minimum absolute atomic E-state index is 0.0825. The fraction of sp³-hybridized carbons (Fsp3) is 0.538. The second-order valence-electron chi connectivity index (χ2n) is 5.01. The molecule has 1 aromatic rings. The summed E-state index contributed by atoms with van der Waals surface area (Å²) in [7, 11) is 0. The normalized spacial score (nSPS) is 25.4. The van der Waals surface area contributed by atoms with Crippen LogP contribution in [0.5, 0.6) is 5.75 Å². The highest BCUT2D eigenvalue weighted by Crippen LogP contribution is 2.50. The Bertz CT molecular complexity index is 438. The monoisotopic (exact) mass is 217 g/mol. The van der Waals surface area contributed by atoms with Crippen LogP contribution in [-0.4, -0.2) is 5.60 Å². The number of nitrogens with zero attached hydrogens (tertiary/aromatic N) is 1. The standard InChI is InChI=1S/C13H15NO2/c1-9-3-4-12-10(7-9)11(14-15)8-13(16-12)5-2-6-13/h3-4,7,11H,2,5-6,8H2,1H3. The highest BCUT2D eigenvalue weighted by molar-refractivity contribution is 5.42. The molecule has 0 aromatic heterocycles. The zero-order valence-corrected chi connectivity index (χ0v) is 9.40. The van der Waals surface area contributed by atoms with Crippen LogP contribution in [0.4, 0.5) is 0 Å². The van der Waals surface area contributed by atoms with Crippen molar-refractivity contribution in [2.24, 2.45) is 5.18 Å². The van der Waals surface area contributed by atoms with Gasteiger partial charge in [0.1, 0.15) is 17.4 Å². The zero-order valence-electron chi connectivity index (χ0n) is 9.40.